The van der Waals surface area contributed by atoms with Crippen molar-refractivity contribution in [1.82, 2.24) is 14.8 Å². The third-order valence-electron chi connectivity index (χ3n) is 5.02. The Kier molecular flexibility index (Phi) is 7.01. The van der Waals surface area contributed by atoms with E-state index in [2.05, 4.69) is 9.88 Å². The van der Waals surface area contributed by atoms with Crippen molar-refractivity contribution in [3.05, 3.63) is 64.9 Å². The minimum absolute atomic E-state index is 0.137. The largest absolute Gasteiger partial charge is 0.468 e. The molecule has 0 radical (unpaired) electrons. The van der Waals surface area contributed by atoms with Crippen molar-refractivity contribution in [2.75, 3.05) is 33.3 Å². The number of esters is 1. The molecule has 0 N–H and O–H groups in total. The third kappa shape index (κ3) is 5.09. The summed E-state index contributed by atoms with van der Waals surface area (Å²) in [5.41, 5.74) is 1.95. The van der Waals surface area contributed by atoms with Crippen LogP contribution in [0.3, 0.4) is 0 Å². The molecular formula is C21H24ClN3O3. The number of hydrogen-bond donors (Lipinski definition) is 0. The molecule has 1 aliphatic rings. The zero-order valence-corrected chi connectivity index (χ0v) is 16.6. The van der Waals surface area contributed by atoms with Gasteiger partial charge >= 0.3 is 5.97 Å². The van der Waals surface area contributed by atoms with Crippen LogP contribution in [0.15, 0.2) is 48.8 Å². The quantitative estimate of drug-likeness (QED) is 0.696. The average molecular weight is 402 g/mol. The number of nitrogens with zero attached hydrogens (tertiary/aromatic N) is 3. The summed E-state index contributed by atoms with van der Waals surface area (Å²) in [5.74, 6) is -0.169. The number of aryl methyl sites for hydroxylation is 1. The Balaban J connectivity index is 1.58. The van der Waals surface area contributed by atoms with Crippen LogP contribution in [0.4, 0.5) is 0 Å². The normalized spacial score (nSPS) is 15.9. The van der Waals surface area contributed by atoms with Crippen LogP contribution in [0.2, 0.25) is 5.02 Å². The summed E-state index contributed by atoms with van der Waals surface area (Å²) in [6.07, 6.45) is 4.66. The van der Waals surface area contributed by atoms with E-state index in [1.165, 1.54) is 7.11 Å². The number of aromatic nitrogens is 1. The highest BCUT2D eigenvalue weighted by Gasteiger charge is 2.32. The predicted octanol–water partition coefficient (Wildman–Crippen LogP) is 2.73. The molecule has 148 valence electrons. The highest BCUT2D eigenvalue weighted by molar-refractivity contribution is 6.30. The van der Waals surface area contributed by atoms with Crippen LogP contribution in [-0.2, 0) is 20.7 Å². The average Bonchev–Trinajstić information content (AvgIpc) is 2.74. The molecule has 1 aliphatic heterocycles. The Morgan fingerprint density at radius 3 is 2.32 bits per heavy atom. The van der Waals surface area contributed by atoms with Gasteiger partial charge in [0.2, 0.25) is 5.91 Å². The summed E-state index contributed by atoms with van der Waals surface area (Å²) in [6, 6.07) is 10.6. The first-order chi connectivity index (χ1) is 13.6. The molecule has 1 aromatic carbocycles. The summed E-state index contributed by atoms with van der Waals surface area (Å²) in [5, 5.41) is 0.622. The maximum Gasteiger partial charge on any atom is 0.327 e. The standard InChI is InChI=1S/C21H24ClN3O3/c1-28-21(27)20(17-3-5-18(22)6-4-17)25-14-12-24(13-15-25)19(26)7-2-16-8-10-23-11-9-16/h3-6,8-11,20H,2,7,12-15H2,1H3. The maximum absolute atomic E-state index is 12.5. The smallest absolute Gasteiger partial charge is 0.327 e. The molecule has 28 heavy (non-hydrogen) atoms. The Morgan fingerprint density at radius 2 is 1.71 bits per heavy atom. The summed E-state index contributed by atoms with van der Waals surface area (Å²) < 4.78 is 5.01. The van der Waals surface area contributed by atoms with Gasteiger partial charge in [0.05, 0.1) is 7.11 Å². The number of benzene rings is 1. The number of halogens is 1. The first-order valence-corrected chi connectivity index (χ1v) is 9.70. The molecule has 1 aromatic heterocycles. The van der Waals surface area contributed by atoms with Crippen molar-refractivity contribution in [2.24, 2.45) is 0 Å². The zero-order valence-electron chi connectivity index (χ0n) is 15.9. The first kappa shape index (κ1) is 20.3. The Hall–Kier alpha value is -2.44. The van der Waals surface area contributed by atoms with E-state index in [1.807, 2.05) is 29.2 Å². The van der Waals surface area contributed by atoms with Crippen molar-refractivity contribution in [3.63, 3.8) is 0 Å². The minimum Gasteiger partial charge on any atom is -0.468 e. The van der Waals surface area contributed by atoms with Crippen LogP contribution >= 0.6 is 11.6 Å². The number of methoxy groups -OCH3 is 1. The summed E-state index contributed by atoms with van der Waals surface area (Å²) >= 11 is 5.97. The fourth-order valence-corrected chi connectivity index (χ4v) is 3.57. The lowest BCUT2D eigenvalue weighted by Gasteiger charge is -2.38. The molecule has 0 aliphatic carbocycles. The number of piperazine rings is 1. The van der Waals surface area contributed by atoms with Crippen LogP contribution in [0.1, 0.15) is 23.6 Å². The Bertz CT molecular complexity index is 790. The van der Waals surface area contributed by atoms with Gasteiger partial charge < -0.3 is 9.64 Å². The van der Waals surface area contributed by atoms with E-state index >= 15 is 0 Å². The van der Waals surface area contributed by atoms with E-state index in [9.17, 15) is 9.59 Å². The van der Waals surface area contributed by atoms with Crippen molar-refractivity contribution < 1.29 is 14.3 Å². The Morgan fingerprint density at radius 1 is 1.07 bits per heavy atom. The lowest BCUT2D eigenvalue weighted by atomic mass is 10.0. The minimum atomic E-state index is -0.490. The second kappa shape index (κ2) is 9.66. The fraction of sp³-hybridized carbons (Fsp3) is 0.381. The fourth-order valence-electron chi connectivity index (χ4n) is 3.44. The summed E-state index contributed by atoms with van der Waals surface area (Å²) in [7, 11) is 1.39. The van der Waals surface area contributed by atoms with Crippen molar-refractivity contribution in [1.29, 1.82) is 0 Å². The van der Waals surface area contributed by atoms with Gasteiger partial charge in [-0.25, -0.2) is 4.79 Å². The second-order valence-corrected chi connectivity index (χ2v) is 7.19. The van der Waals surface area contributed by atoms with Gasteiger partial charge in [-0.2, -0.15) is 0 Å². The Labute approximate surface area is 170 Å². The topological polar surface area (TPSA) is 62.7 Å². The molecule has 1 fully saturated rings. The lowest BCUT2D eigenvalue weighted by Crippen LogP contribution is -2.51. The van der Waals surface area contributed by atoms with Gasteiger partial charge in [0.15, 0.2) is 0 Å². The maximum atomic E-state index is 12.5. The molecule has 0 bridgehead atoms. The molecule has 3 rings (SSSR count). The number of hydrogen-bond acceptors (Lipinski definition) is 5. The van der Waals surface area contributed by atoms with Crippen LogP contribution in [0.5, 0.6) is 0 Å². The van der Waals surface area contributed by atoms with E-state index < -0.39 is 6.04 Å². The number of rotatable bonds is 6. The number of ether oxygens (including phenoxy) is 1. The van der Waals surface area contributed by atoms with E-state index in [4.69, 9.17) is 16.3 Å². The van der Waals surface area contributed by atoms with E-state index in [0.717, 1.165) is 11.1 Å². The molecule has 2 aromatic rings. The molecular weight excluding hydrogens is 378 g/mol. The molecule has 2 heterocycles. The predicted molar refractivity (Wildman–Crippen MR) is 107 cm³/mol. The van der Waals surface area contributed by atoms with Crippen molar-refractivity contribution >= 4 is 23.5 Å². The van der Waals surface area contributed by atoms with Gasteiger partial charge in [-0.3, -0.25) is 14.7 Å². The van der Waals surface area contributed by atoms with Gasteiger partial charge in [-0.15, -0.1) is 0 Å². The molecule has 1 atom stereocenters. The number of carbonyl (C=O) groups is 2. The van der Waals surface area contributed by atoms with E-state index in [0.29, 0.717) is 44.0 Å². The monoisotopic (exact) mass is 401 g/mol. The van der Waals surface area contributed by atoms with E-state index in [1.54, 1.807) is 24.5 Å². The lowest BCUT2D eigenvalue weighted by molar-refractivity contribution is -0.148. The third-order valence-corrected chi connectivity index (χ3v) is 5.27. The second-order valence-electron chi connectivity index (χ2n) is 6.75. The molecule has 6 nitrogen and oxygen atoms in total. The SMILES string of the molecule is COC(=O)C(c1ccc(Cl)cc1)N1CCN(C(=O)CCc2ccncc2)CC1. The first-order valence-electron chi connectivity index (χ1n) is 9.32. The summed E-state index contributed by atoms with van der Waals surface area (Å²) in [4.78, 5) is 32.8. The van der Waals surface area contributed by atoms with Gasteiger partial charge in [0, 0.05) is 50.0 Å². The molecule has 0 saturated carbocycles. The van der Waals surface area contributed by atoms with Gasteiger partial charge in [0.25, 0.3) is 0 Å². The van der Waals surface area contributed by atoms with Crippen LogP contribution in [-0.4, -0.2) is 59.9 Å². The molecule has 1 amide bonds. The van der Waals surface area contributed by atoms with Gasteiger partial charge in [-0.05, 0) is 41.8 Å². The molecule has 1 unspecified atom stereocenters. The van der Waals surface area contributed by atoms with Crippen LogP contribution < -0.4 is 0 Å². The number of carbonyl (C=O) groups excluding carboxylic acids is 2. The van der Waals surface area contributed by atoms with Gasteiger partial charge in [0.1, 0.15) is 6.04 Å². The molecule has 1 saturated heterocycles. The molecule has 7 heteroatoms. The van der Waals surface area contributed by atoms with Crippen LogP contribution in [0.25, 0.3) is 0 Å². The zero-order chi connectivity index (χ0) is 19.9. The van der Waals surface area contributed by atoms with Crippen molar-refractivity contribution in [3.8, 4) is 0 Å². The van der Waals surface area contributed by atoms with E-state index in [-0.39, 0.29) is 11.9 Å². The van der Waals surface area contributed by atoms with Gasteiger partial charge in [-0.1, -0.05) is 23.7 Å². The highest BCUT2D eigenvalue weighted by atomic mass is 35.5. The number of amides is 1. The summed E-state index contributed by atoms with van der Waals surface area (Å²) in [6.45, 7) is 2.42. The molecule has 0 spiro atoms. The van der Waals surface area contributed by atoms with Crippen molar-refractivity contribution in [2.45, 2.75) is 18.9 Å². The van der Waals surface area contributed by atoms with Crippen LogP contribution in [0, 0.1) is 0 Å². The highest BCUT2D eigenvalue weighted by Crippen LogP contribution is 2.25. The number of pyridine rings is 1.